The first kappa shape index (κ1) is 10.2. The Labute approximate surface area is 88.9 Å². The maximum Gasteiger partial charge on any atom is 0.303 e. The lowest BCUT2D eigenvalue weighted by Gasteiger charge is -2.08. The Hall–Kier alpha value is -1.32. The van der Waals surface area contributed by atoms with Crippen molar-refractivity contribution in [3.8, 4) is 0 Å². The zero-order valence-electron chi connectivity index (χ0n) is 8.72. The van der Waals surface area contributed by atoms with Crippen molar-refractivity contribution in [1.82, 2.24) is 9.78 Å². The van der Waals surface area contributed by atoms with Crippen LogP contribution in [0.2, 0.25) is 0 Å². The number of hydrogen-bond acceptors (Lipinski definition) is 2. The molecule has 0 bridgehead atoms. The first-order valence-corrected chi connectivity index (χ1v) is 5.50. The predicted octanol–water partition coefficient (Wildman–Crippen LogP) is 2.02. The first-order chi connectivity index (χ1) is 7.25. The van der Waals surface area contributed by atoms with Crippen LogP contribution >= 0.6 is 0 Å². The van der Waals surface area contributed by atoms with Crippen LogP contribution in [0.25, 0.3) is 0 Å². The van der Waals surface area contributed by atoms with Gasteiger partial charge in [-0.05, 0) is 24.8 Å². The molecule has 1 aliphatic rings. The van der Waals surface area contributed by atoms with Gasteiger partial charge in [-0.2, -0.15) is 5.10 Å². The lowest BCUT2D eigenvalue weighted by molar-refractivity contribution is -0.136. The van der Waals surface area contributed by atoms with Crippen LogP contribution in [0.3, 0.4) is 0 Å². The Balaban J connectivity index is 1.94. The van der Waals surface area contributed by atoms with Gasteiger partial charge in [0, 0.05) is 12.6 Å². The van der Waals surface area contributed by atoms with Crippen LogP contribution in [0, 0.1) is 0 Å². The Bertz CT molecular complexity index is 340. The zero-order valence-corrected chi connectivity index (χ0v) is 8.72. The summed E-state index contributed by atoms with van der Waals surface area (Å²) in [5, 5.41) is 12.9. The molecule has 1 saturated carbocycles. The number of aryl methyl sites for hydroxylation is 1. The summed E-state index contributed by atoms with van der Waals surface area (Å²) in [4.78, 5) is 10.4. The monoisotopic (exact) mass is 208 g/mol. The molecule has 0 radical (unpaired) electrons. The number of carboxylic acid groups (broad SMARTS) is 1. The maximum absolute atomic E-state index is 10.4. The maximum atomic E-state index is 10.4. The van der Waals surface area contributed by atoms with Gasteiger partial charge in [-0.3, -0.25) is 9.48 Å². The molecule has 0 spiro atoms. The van der Waals surface area contributed by atoms with Gasteiger partial charge in [0.2, 0.25) is 0 Å². The highest BCUT2D eigenvalue weighted by Gasteiger charge is 2.17. The number of nitrogens with zero attached hydrogens (tertiary/aromatic N) is 2. The highest BCUT2D eigenvalue weighted by molar-refractivity contribution is 5.67. The van der Waals surface area contributed by atoms with Gasteiger partial charge in [0.05, 0.1) is 12.2 Å². The molecule has 82 valence electrons. The van der Waals surface area contributed by atoms with Gasteiger partial charge in [0.25, 0.3) is 0 Å². The van der Waals surface area contributed by atoms with Gasteiger partial charge < -0.3 is 5.11 Å². The number of rotatable bonds is 4. The van der Waals surface area contributed by atoms with Crippen LogP contribution in [0.15, 0.2) is 12.4 Å². The molecule has 0 amide bonds. The minimum absolute atomic E-state index is 0.191. The molecule has 1 heterocycles. The van der Waals surface area contributed by atoms with Gasteiger partial charge in [-0.1, -0.05) is 12.8 Å². The third-order valence-corrected chi connectivity index (χ3v) is 2.98. The molecule has 1 N–H and O–H groups in total. The minimum atomic E-state index is -0.747. The van der Waals surface area contributed by atoms with E-state index >= 15 is 0 Å². The number of carboxylic acids is 1. The highest BCUT2D eigenvalue weighted by atomic mass is 16.4. The summed E-state index contributed by atoms with van der Waals surface area (Å²) in [5.74, 6) is -0.747. The Morgan fingerprint density at radius 2 is 2.27 bits per heavy atom. The summed E-state index contributed by atoms with van der Waals surface area (Å²) < 4.78 is 2.00. The van der Waals surface area contributed by atoms with Crippen LogP contribution < -0.4 is 0 Å². The highest BCUT2D eigenvalue weighted by Crippen LogP contribution is 2.28. The van der Waals surface area contributed by atoms with Crippen molar-refractivity contribution < 1.29 is 9.90 Å². The molecule has 1 fully saturated rings. The molecular weight excluding hydrogens is 192 g/mol. The topological polar surface area (TPSA) is 55.1 Å². The minimum Gasteiger partial charge on any atom is -0.481 e. The number of carbonyl (C=O) groups is 1. The SMILES string of the molecule is O=C(O)CCc1cnn(C2CCCC2)c1. The molecule has 0 aliphatic heterocycles. The van der Waals surface area contributed by atoms with E-state index in [1.165, 1.54) is 25.7 Å². The third kappa shape index (κ3) is 2.58. The Morgan fingerprint density at radius 1 is 1.53 bits per heavy atom. The van der Waals surface area contributed by atoms with E-state index in [4.69, 9.17) is 5.11 Å². The molecule has 1 aromatic heterocycles. The van der Waals surface area contributed by atoms with E-state index in [1.54, 1.807) is 6.20 Å². The van der Waals surface area contributed by atoms with E-state index in [2.05, 4.69) is 5.10 Å². The molecule has 4 nitrogen and oxygen atoms in total. The van der Waals surface area contributed by atoms with Crippen LogP contribution in [0.1, 0.15) is 43.7 Å². The Kier molecular flexibility index (Phi) is 3.04. The summed E-state index contributed by atoms with van der Waals surface area (Å²) in [5.41, 5.74) is 1.03. The Morgan fingerprint density at radius 3 is 2.93 bits per heavy atom. The van der Waals surface area contributed by atoms with Crippen molar-refractivity contribution >= 4 is 5.97 Å². The smallest absolute Gasteiger partial charge is 0.303 e. The van der Waals surface area contributed by atoms with Gasteiger partial charge in [0.1, 0.15) is 0 Å². The van der Waals surface area contributed by atoms with Crippen molar-refractivity contribution in [2.24, 2.45) is 0 Å². The largest absolute Gasteiger partial charge is 0.481 e. The average molecular weight is 208 g/mol. The van der Waals surface area contributed by atoms with E-state index in [9.17, 15) is 4.79 Å². The molecule has 2 rings (SSSR count). The second-order valence-electron chi connectivity index (χ2n) is 4.16. The lowest BCUT2D eigenvalue weighted by atomic mass is 10.2. The van der Waals surface area contributed by atoms with Gasteiger partial charge >= 0.3 is 5.97 Å². The molecule has 4 heteroatoms. The zero-order chi connectivity index (χ0) is 10.7. The average Bonchev–Trinajstić information content (AvgIpc) is 2.85. The van der Waals surface area contributed by atoms with Crippen LogP contribution in [0.5, 0.6) is 0 Å². The van der Waals surface area contributed by atoms with Crippen molar-refractivity contribution in [2.45, 2.75) is 44.6 Å². The van der Waals surface area contributed by atoms with E-state index < -0.39 is 5.97 Å². The number of hydrogen-bond donors (Lipinski definition) is 1. The summed E-state index contributed by atoms with van der Waals surface area (Å²) in [6.07, 6.45) is 9.56. The normalized spacial score (nSPS) is 17.1. The van der Waals surface area contributed by atoms with Crippen molar-refractivity contribution in [3.63, 3.8) is 0 Å². The fourth-order valence-electron chi connectivity index (χ4n) is 2.13. The second kappa shape index (κ2) is 4.47. The van der Waals surface area contributed by atoms with Crippen LogP contribution in [-0.2, 0) is 11.2 Å². The van der Waals surface area contributed by atoms with Crippen molar-refractivity contribution in [1.29, 1.82) is 0 Å². The number of aliphatic carboxylic acids is 1. The first-order valence-electron chi connectivity index (χ1n) is 5.50. The molecule has 1 aliphatic carbocycles. The summed E-state index contributed by atoms with van der Waals surface area (Å²) in [6.45, 7) is 0. The lowest BCUT2D eigenvalue weighted by Crippen LogP contribution is -2.04. The number of aromatic nitrogens is 2. The summed E-state index contributed by atoms with van der Waals surface area (Å²) >= 11 is 0. The predicted molar refractivity (Wildman–Crippen MR) is 55.7 cm³/mol. The molecule has 0 aromatic carbocycles. The second-order valence-corrected chi connectivity index (χ2v) is 4.16. The van der Waals surface area contributed by atoms with Crippen molar-refractivity contribution in [2.75, 3.05) is 0 Å². The van der Waals surface area contributed by atoms with Gasteiger partial charge in [-0.15, -0.1) is 0 Å². The van der Waals surface area contributed by atoms with Crippen LogP contribution in [0.4, 0.5) is 0 Å². The molecule has 0 saturated heterocycles. The molecule has 0 unspecified atom stereocenters. The van der Waals surface area contributed by atoms with E-state index in [1.807, 2.05) is 10.9 Å². The van der Waals surface area contributed by atoms with E-state index in [0.29, 0.717) is 12.5 Å². The van der Waals surface area contributed by atoms with Crippen LogP contribution in [-0.4, -0.2) is 20.9 Å². The van der Waals surface area contributed by atoms with E-state index in [0.717, 1.165) is 5.56 Å². The summed E-state index contributed by atoms with van der Waals surface area (Å²) in [7, 11) is 0. The van der Waals surface area contributed by atoms with E-state index in [-0.39, 0.29) is 6.42 Å². The standard InChI is InChI=1S/C11H16N2O2/c14-11(15)6-5-9-7-12-13(8-9)10-3-1-2-4-10/h7-8,10H,1-6H2,(H,14,15). The van der Waals surface area contributed by atoms with Gasteiger partial charge in [0.15, 0.2) is 0 Å². The quantitative estimate of drug-likeness (QED) is 0.823. The fraction of sp³-hybridized carbons (Fsp3) is 0.636. The molecule has 0 atom stereocenters. The third-order valence-electron chi connectivity index (χ3n) is 2.98. The molecule has 1 aromatic rings. The summed E-state index contributed by atoms with van der Waals surface area (Å²) in [6, 6.07) is 0.545. The fourth-order valence-corrected chi connectivity index (χ4v) is 2.13. The van der Waals surface area contributed by atoms with Crippen molar-refractivity contribution in [3.05, 3.63) is 18.0 Å². The van der Waals surface area contributed by atoms with Gasteiger partial charge in [-0.25, -0.2) is 0 Å². The molecular formula is C11H16N2O2. The molecule has 15 heavy (non-hydrogen) atoms.